The molecule has 66 valence electrons. The highest BCUT2D eigenvalue weighted by Gasteiger charge is 2.03. The van der Waals surface area contributed by atoms with Gasteiger partial charge in [-0.05, 0) is 30.7 Å². The van der Waals surface area contributed by atoms with Gasteiger partial charge in [0.2, 0.25) is 0 Å². The molecule has 0 fully saturated rings. The maximum Gasteiger partial charge on any atom is 0.123 e. The lowest BCUT2D eigenvalue weighted by molar-refractivity contribution is 0.475. The lowest BCUT2D eigenvalue weighted by Gasteiger charge is -2.04. The zero-order valence-electron chi connectivity index (χ0n) is 7.28. The molecule has 2 aromatic carbocycles. The Bertz CT molecular complexity index is 461. The predicted molar refractivity (Wildman–Crippen MR) is 52.0 cm³/mol. The first kappa shape index (κ1) is 7.92. The SMILES string of the molecule is Cc1cc(O)c2cccc(O)c2c1. The maximum absolute atomic E-state index is 9.57. The van der Waals surface area contributed by atoms with Crippen LogP contribution in [-0.2, 0) is 0 Å². The summed E-state index contributed by atoms with van der Waals surface area (Å²) in [5.74, 6) is 0.419. The second-order valence-corrected chi connectivity index (χ2v) is 3.16. The highest BCUT2D eigenvalue weighted by Crippen LogP contribution is 2.31. The molecule has 0 aliphatic rings. The lowest BCUT2D eigenvalue weighted by Crippen LogP contribution is -1.78. The molecule has 13 heavy (non-hydrogen) atoms. The van der Waals surface area contributed by atoms with Crippen LogP contribution in [0.15, 0.2) is 30.3 Å². The van der Waals surface area contributed by atoms with Crippen LogP contribution in [0.5, 0.6) is 11.5 Å². The Labute approximate surface area is 76.1 Å². The second-order valence-electron chi connectivity index (χ2n) is 3.16. The summed E-state index contributed by atoms with van der Waals surface area (Å²) in [7, 11) is 0. The highest BCUT2D eigenvalue weighted by molar-refractivity contribution is 5.93. The topological polar surface area (TPSA) is 40.5 Å². The fourth-order valence-corrected chi connectivity index (χ4v) is 1.49. The van der Waals surface area contributed by atoms with Gasteiger partial charge in [-0.15, -0.1) is 0 Å². The Kier molecular flexibility index (Phi) is 1.62. The van der Waals surface area contributed by atoms with Crippen LogP contribution in [0.4, 0.5) is 0 Å². The minimum Gasteiger partial charge on any atom is -0.507 e. The molecule has 0 saturated heterocycles. The quantitative estimate of drug-likeness (QED) is 0.644. The van der Waals surface area contributed by atoms with Crippen molar-refractivity contribution in [2.75, 3.05) is 0 Å². The average Bonchev–Trinajstić information content (AvgIpc) is 2.07. The maximum atomic E-state index is 9.57. The minimum atomic E-state index is 0.205. The normalized spacial score (nSPS) is 10.5. The van der Waals surface area contributed by atoms with Gasteiger partial charge in [-0.2, -0.15) is 0 Å². The molecule has 0 amide bonds. The van der Waals surface area contributed by atoms with Crippen LogP contribution in [-0.4, -0.2) is 10.2 Å². The molecule has 0 radical (unpaired) electrons. The summed E-state index contributed by atoms with van der Waals surface area (Å²) in [6, 6.07) is 8.64. The number of hydrogen-bond donors (Lipinski definition) is 2. The van der Waals surface area contributed by atoms with Gasteiger partial charge in [0, 0.05) is 10.8 Å². The summed E-state index contributed by atoms with van der Waals surface area (Å²) < 4.78 is 0. The zero-order chi connectivity index (χ0) is 9.42. The first-order chi connectivity index (χ1) is 6.18. The summed E-state index contributed by atoms with van der Waals surface area (Å²) in [4.78, 5) is 0. The van der Waals surface area contributed by atoms with E-state index in [4.69, 9.17) is 0 Å². The van der Waals surface area contributed by atoms with Crippen molar-refractivity contribution in [2.45, 2.75) is 6.92 Å². The molecule has 2 aromatic rings. The number of fused-ring (bicyclic) bond motifs is 1. The average molecular weight is 174 g/mol. The van der Waals surface area contributed by atoms with Gasteiger partial charge in [0.15, 0.2) is 0 Å². The molecule has 2 rings (SSSR count). The van der Waals surface area contributed by atoms with Crippen molar-refractivity contribution >= 4 is 10.8 Å². The molecule has 0 unspecified atom stereocenters. The molecule has 2 nitrogen and oxygen atoms in total. The molecule has 2 heteroatoms. The number of aromatic hydroxyl groups is 2. The van der Waals surface area contributed by atoms with Gasteiger partial charge in [0.25, 0.3) is 0 Å². The number of phenols is 2. The van der Waals surface area contributed by atoms with E-state index in [1.165, 1.54) is 0 Å². The monoisotopic (exact) mass is 174 g/mol. The number of benzene rings is 2. The molecule has 0 aromatic heterocycles. The lowest BCUT2D eigenvalue weighted by atomic mass is 10.1. The summed E-state index contributed by atoms with van der Waals surface area (Å²) in [5, 5.41) is 20.5. The third-order valence-corrected chi connectivity index (χ3v) is 2.10. The van der Waals surface area contributed by atoms with Gasteiger partial charge in [-0.1, -0.05) is 12.1 Å². The Morgan fingerprint density at radius 2 is 1.69 bits per heavy atom. The molecule has 0 aliphatic carbocycles. The van der Waals surface area contributed by atoms with Crippen molar-refractivity contribution in [3.8, 4) is 11.5 Å². The van der Waals surface area contributed by atoms with Crippen LogP contribution in [0.3, 0.4) is 0 Å². The van der Waals surface area contributed by atoms with Gasteiger partial charge >= 0.3 is 0 Å². The molecule has 2 N–H and O–H groups in total. The molecule has 0 saturated carbocycles. The number of aryl methyl sites for hydroxylation is 1. The standard InChI is InChI=1S/C11H10O2/c1-7-5-9-8(11(13)6-7)3-2-4-10(9)12/h2-6,12-13H,1H3. The molecule has 0 bridgehead atoms. The highest BCUT2D eigenvalue weighted by atomic mass is 16.3. The number of rotatable bonds is 0. The van der Waals surface area contributed by atoms with Crippen LogP contribution >= 0.6 is 0 Å². The van der Waals surface area contributed by atoms with Crippen molar-refractivity contribution in [1.82, 2.24) is 0 Å². The first-order valence-corrected chi connectivity index (χ1v) is 4.10. The van der Waals surface area contributed by atoms with E-state index in [2.05, 4.69) is 0 Å². The van der Waals surface area contributed by atoms with E-state index in [1.807, 2.05) is 13.0 Å². The largest absolute Gasteiger partial charge is 0.507 e. The van der Waals surface area contributed by atoms with Crippen LogP contribution in [0.25, 0.3) is 10.8 Å². The van der Waals surface area contributed by atoms with E-state index < -0.39 is 0 Å². The van der Waals surface area contributed by atoms with Gasteiger partial charge < -0.3 is 10.2 Å². The Balaban J connectivity index is 2.94. The van der Waals surface area contributed by atoms with Gasteiger partial charge in [-0.25, -0.2) is 0 Å². The van der Waals surface area contributed by atoms with Crippen molar-refractivity contribution < 1.29 is 10.2 Å². The zero-order valence-corrected chi connectivity index (χ0v) is 7.28. The van der Waals surface area contributed by atoms with Crippen molar-refractivity contribution in [3.63, 3.8) is 0 Å². The van der Waals surface area contributed by atoms with Crippen molar-refractivity contribution in [1.29, 1.82) is 0 Å². The number of phenolic OH excluding ortho intramolecular Hbond substituents is 2. The molecule has 0 spiro atoms. The number of hydrogen-bond acceptors (Lipinski definition) is 2. The van der Waals surface area contributed by atoms with Crippen molar-refractivity contribution in [3.05, 3.63) is 35.9 Å². The van der Waals surface area contributed by atoms with E-state index in [0.717, 1.165) is 5.56 Å². The smallest absolute Gasteiger partial charge is 0.123 e. The second kappa shape index (κ2) is 2.66. The fourth-order valence-electron chi connectivity index (χ4n) is 1.49. The van der Waals surface area contributed by atoms with E-state index in [-0.39, 0.29) is 11.5 Å². The minimum absolute atomic E-state index is 0.205. The van der Waals surface area contributed by atoms with Crippen LogP contribution < -0.4 is 0 Å². The fraction of sp³-hybridized carbons (Fsp3) is 0.0909. The Hall–Kier alpha value is -1.70. The van der Waals surface area contributed by atoms with Crippen molar-refractivity contribution in [2.24, 2.45) is 0 Å². The van der Waals surface area contributed by atoms with Gasteiger partial charge in [-0.3, -0.25) is 0 Å². The molecule has 0 atom stereocenters. The summed E-state index contributed by atoms with van der Waals surface area (Å²) in [6.45, 7) is 1.88. The van der Waals surface area contributed by atoms with E-state index in [1.54, 1.807) is 24.3 Å². The molecule has 0 aliphatic heterocycles. The Morgan fingerprint density at radius 3 is 2.46 bits per heavy atom. The Morgan fingerprint density at radius 1 is 0.923 bits per heavy atom. The first-order valence-electron chi connectivity index (χ1n) is 4.10. The molecular formula is C11H10O2. The predicted octanol–water partition coefficient (Wildman–Crippen LogP) is 2.56. The van der Waals surface area contributed by atoms with Crippen LogP contribution in [0.1, 0.15) is 5.56 Å². The summed E-state index contributed by atoms with van der Waals surface area (Å²) in [5.41, 5.74) is 0.937. The van der Waals surface area contributed by atoms with E-state index in [9.17, 15) is 10.2 Å². The van der Waals surface area contributed by atoms with E-state index in [0.29, 0.717) is 10.8 Å². The molecular weight excluding hydrogens is 164 g/mol. The van der Waals surface area contributed by atoms with Gasteiger partial charge in [0.1, 0.15) is 11.5 Å². The summed E-state index contributed by atoms with van der Waals surface area (Å²) in [6.07, 6.45) is 0. The van der Waals surface area contributed by atoms with Gasteiger partial charge in [0.05, 0.1) is 0 Å². The molecule has 0 heterocycles. The van der Waals surface area contributed by atoms with Crippen LogP contribution in [0, 0.1) is 6.92 Å². The van der Waals surface area contributed by atoms with E-state index >= 15 is 0 Å². The third kappa shape index (κ3) is 1.20. The van der Waals surface area contributed by atoms with Crippen LogP contribution in [0.2, 0.25) is 0 Å². The third-order valence-electron chi connectivity index (χ3n) is 2.10. The summed E-state index contributed by atoms with van der Waals surface area (Å²) >= 11 is 0.